The van der Waals surface area contributed by atoms with E-state index in [1.54, 1.807) is 0 Å². The number of aryl methyl sites for hydroxylation is 4. The smallest absolute Gasteiger partial charge is 0.336 e. The van der Waals surface area contributed by atoms with Crippen LogP contribution in [0.4, 0.5) is 0 Å². The van der Waals surface area contributed by atoms with Gasteiger partial charge in [-0.25, -0.2) is 4.79 Å². The lowest BCUT2D eigenvalue weighted by Crippen LogP contribution is -2.10. The first-order chi connectivity index (χ1) is 12.8. The van der Waals surface area contributed by atoms with E-state index < -0.39 is 5.63 Å². The number of fused-ring (bicyclic) bond motifs is 1. The van der Waals surface area contributed by atoms with Crippen molar-refractivity contribution < 1.29 is 13.9 Å². The zero-order chi connectivity index (χ0) is 19.6. The number of rotatable bonds is 5. The Morgan fingerprint density at radius 3 is 2.56 bits per heavy atom. The van der Waals surface area contributed by atoms with Gasteiger partial charge in [0.15, 0.2) is 0 Å². The molecule has 4 nitrogen and oxygen atoms in total. The van der Waals surface area contributed by atoms with Crippen molar-refractivity contribution in [2.24, 2.45) is 0 Å². The van der Waals surface area contributed by atoms with Crippen molar-refractivity contribution in [1.29, 1.82) is 0 Å². The molecule has 2 aromatic carbocycles. The van der Waals surface area contributed by atoms with Crippen LogP contribution in [-0.4, -0.2) is 11.7 Å². The molecule has 1 heterocycles. The van der Waals surface area contributed by atoms with Crippen LogP contribution in [0.2, 0.25) is 0 Å². The third kappa shape index (κ3) is 4.42. The molecule has 3 aromatic rings. The van der Waals surface area contributed by atoms with E-state index in [9.17, 15) is 9.59 Å². The highest BCUT2D eigenvalue weighted by Crippen LogP contribution is 2.25. The molecule has 3 rings (SSSR count). The normalized spacial score (nSPS) is 11.0. The van der Waals surface area contributed by atoms with Crippen LogP contribution in [-0.2, 0) is 16.1 Å². The minimum absolute atomic E-state index is 0.0524. The fourth-order valence-electron chi connectivity index (χ4n) is 2.84. The fourth-order valence-corrected chi connectivity index (χ4v) is 3.76. The van der Waals surface area contributed by atoms with Crippen molar-refractivity contribution in [1.82, 2.24) is 0 Å². The van der Waals surface area contributed by atoms with E-state index in [-0.39, 0.29) is 18.3 Å². The molecule has 0 N–H and O–H groups in total. The summed E-state index contributed by atoms with van der Waals surface area (Å²) in [6, 6.07) is 11.4. The Labute approximate surface area is 162 Å². The number of carbonyl (C=O) groups is 1. The van der Waals surface area contributed by atoms with Gasteiger partial charge in [0, 0.05) is 21.9 Å². The maximum Gasteiger partial charge on any atom is 0.336 e. The van der Waals surface area contributed by atoms with Crippen LogP contribution < -0.4 is 5.63 Å². The lowest BCUT2D eigenvalue weighted by molar-refractivity contribution is -0.141. The Bertz CT molecular complexity index is 1070. The van der Waals surface area contributed by atoms with Gasteiger partial charge in [-0.15, -0.1) is 11.8 Å². The summed E-state index contributed by atoms with van der Waals surface area (Å²) in [6.45, 7) is 7.98. The summed E-state index contributed by atoms with van der Waals surface area (Å²) in [4.78, 5) is 25.1. The van der Waals surface area contributed by atoms with Crippen LogP contribution in [0, 0.1) is 27.7 Å². The molecule has 1 aromatic heterocycles. The van der Waals surface area contributed by atoms with E-state index in [4.69, 9.17) is 9.15 Å². The summed E-state index contributed by atoms with van der Waals surface area (Å²) < 4.78 is 10.8. The second-order valence-electron chi connectivity index (χ2n) is 6.69. The molecular weight excluding hydrogens is 360 g/mol. The average Bonchev–Trinajstić information content (AvgIpc) is 2.63. The summed E-state index contributed by atoms with van der Waals surface area (Å²) in [7, 11) is 0. The molecule has 0 bridgehead atoms. The molecule has 0 amide bonds. The number of thioether (sulfide) groups is 1. The second-order valence-corrected chi connectivity index (χ2v) is 7.71. The van der Waals surface area contributed by atoms with E-state index in [1.165, 1.54) is 17.8 Å². The minimum Gasteiger partial charge on any atom is -0.460 e. The number of ether oxygens (including phenoxy) is 1. The van der Waals surface area contributed by atoms with Gasteiger partial charge in [-0.05, 0) is 50.5 Å². The van der Waals surface area contributed by atoms with Gasteiger partial charge in [-0.2, -0.15) is 0 Å². The zero-order valence-corrected chi connectivity index (χ0v) is 16.7. The third-order valence-electron chi connectivity index (χ3n) is 4.60. The van der Waals surface area contributed by atoms with Crippen LogP contribution in [0.3, 0.4) is 0 Å². The van der Waals surface area contributed by atoms with Crippen LogP contribution in [0.25, 0.3) is 11.0 Å². The Balaban J connectivity index is 1.71. The van der Waals surface area contributed by atoms with Crippen LogP contribution >= 0.6 is 11.8 Å². The standard InChI is InChI=1S/C22H22O4S/c1-13-5-6-15(3)19(9-13)27-12-21(24)25-11-17-10-20(23)26-22-16(4)14(2)7-8-18(17)22/h5-10H,11-12H2,1-4H3. The van der Waals surface area contributed by atoms with Gasteiger partial charge in [-0.3, -0.25) is 4.79 Å². The zero-order valence-electron chi connectivity index (χ0n) is 15.9. The van der Waals surface area contributed by atoms with Gasteiger partial charge < -0.3 is 9.15 Å². The Morgan fingerprint density at radius 2 is 1.78 bits per heavy atom. The predicted molar refractivity (Wildman–Crippen MR) is 108 cm³/mol. The predicted octanol–water partition coefficient (Wildman–Crippen LogP) is 4.86. The van der Waals surface area contributed by atoms with Crippen molar-refractivity contribution in [3.8, 4) is 0 Å². The lowest BCUT2D eigenvalue weighted by atomic mass is 10.0. The topological polar surface area (TPSA) is 56.5 Å². The quantitative estimate of drug-likeness (QED) is 0.358. The van der Waals surface area contributed by atoms with E-state index >= 15 is 0 Å². The molecule has 0 aliphatic rings. The van der Waals surface area contributed by atoms with Crippen LogP contribution in [0.1, 0.15) is 27.8 Å². The first-order valence-electron chi connectivity index (χ1n) is 8.74. The fraction of sp³-hybridized carbons (Fsp3) is 0.273. The maximum absolute atomic E-state index is 12.2. The molecule has 0 radical (unpaired) electrons. The van der Waals surface area contributed by atoms with E-state index in [2.05, 4.69) is 6.07 Å². The molecule has 0 fully saturated rings. The van der Waals surface area contributed by atoms with Gasteiger partial charge in [0.05, 0.1) is 5.75 Å². The molecule has 140 valence electrons. The molecule has 0 unspecified atom stereocenters. The summed E-state index contributed by atoms with van der Waals surface area (Å²) in [5.74, 6) is -0.0898. The van der Waals surface area contributed by atoms with Gasteiger partial charge in [-0.1, -0.05) is 29.8 Å². The molecule has 0 aliphatic carbocycles. The summed E-state index contributed by atoms with van der Waals surface area (Å²) >= 11 is 1.46. The summed E-state index contributed by atoms with van der Waals surface area (Å²) in [6.07, 6.45) is 0. The van der Waals surface area contributed by atoms with Crippen molar-refractivity contribution in [3.05, 3.63) is 74.6 Å². The van der Waals surface area contributed by atoms with Crippen molar-refractivity contribution in [2.75, 3.05) is 5.75 Å². The van der Waals surface area contributed by atoms with E-state index in [0.29, 0.717) is 11.1 Å². The van der Waals surface area contributed by atoms with Gasteiger partial charge in [0.25, 0.3) is 0 Å². The van der Waals surface area contributed by atoms with Crippen LogP contribution in [0.15, 0.2) is 50.5 Å². The Morgan fingerprint density at radius 1 is 1.04 bits per heavy atom. The number of esters is 1. The maximum atomic E-state index is 12.2. The number of carbonyl (C=O) groups excluding carboxylic acids is 1. The van der Waals surface area contributed by atoms with E-state index in [1.807, 2.05) is 52.0 Å². The summed E-state index contributed by atoms with van der Waals surface area (Å²) in [5, 5.41) is 0.799. The highest BCUT2D eigenvalue weighted by Gasteiger charge is 2.12. The van der Waals surface area contributed by atoms with Crippen molar-refractivity contribution in [3.63, 3.8) is 0 Å². The molecule has 0 aliphatic heterocycles. The lowest BCUT2D eigenvalue weighted by Gasteiger charge is -2.10. The molecule has 0 saturated carbocycles. The van der Waals surface area contributed by atoms with Crippen molar-refractivity contribution in [2.45, 2.75) is 39.2 Å². The van der Waals surface area contributed by atoms with Gasteiger partial charge >= 0.3 is 11.6 Å². The first-order valence-corrected chi connectivity index (χ1v) is 9.72. The Kier molecular flexibility index (Phi) is 5.71. The largest absolute Gasteiger partial charge is 0.460 e. The van der Waals surface area contributed by atoms with Gasteiger partial charge in [0.1, 0.15) is 12.2 Å². The second kappa shape index (κ2) is 8.01. The SMILES string of the molecule is Cc1ccc(C)c(SCC(=O)OCc2cc(=O)oc3c(C)c(C)ccc23)c1. The number of hydrogen-bond donors (Lipinski definition) is 0. The Hall–Kier alpha value is -2.53. The van der Waals surface area contributed by atoms with Crippen LogP contribution in [0.5, 0.6) is 0 Å². The van der Waals surface area contributed by atoms with E-state index in [0.717, 1.165) is 32.5 Å². The highest BCUT2D eigenvalue weighted by atomic mass is 32.2. The minimum atomic E-state index is -0.438. The highest BCUT2D eigenvalue weighted by molar-refractivity contribution is 8.00. The number of benzene rings is 2. The van der Waals surface area contributed by atoms with Crippen molar-refractivity contribution >= 4 is 28.7 Å². The molecule has 27 heavy (non-hydrogen) atoms. The van der Waals surface area contributed by atoms with Gasteiger partial charge in [0.2, 0.25) is 0 Å². The molecular formula is C22H22O4S. The third-order valence-corrected chi connectivity index (χ3v) is 5.73. The molecule has 0 spiro atoms. The summed E-state index contributed by atoms with van der Waals surface area (Å²) in [5.41, 5.74) is 5.04. The molecule has 5 heteroatoms. The molecule has 0 atom stereocenters. The molecule has 0 saturated heterocycles. The average molecular weight is 382 g/mol. The number of hydrogen-bond acceptors (Lipinski definition) is 5. The first kappa shape index (κ1) is 19.2. The monoisotopic (exact) mass is 382 g/mol.